The molecule has 1 saturated carbocycles. The zero-order valence-electron chi connectivity index (χ0n) is 7.89. The quantitative estimate of drug-likeness (QED) is 0.745. The molecule has 0 bridgehead atoms. The van der Waals surface area contributed by atoms with Crippen molar-refractivity contribution in [1.29, 1.82) is 0 Å². The van der Waals surface area contributed by atoms with E-state index in [1.54, 1.807) is 0 Å². The molecule has 0 saturated heterocycles. The molecule has 72 valence electrons. The normalized spacial score (nSPS) is 29.0. The van der Waals surface area contributed by atoms with Gasteiger partial charge in [0, 0.05) is 25.0 Å². The molecule has 1 aromatic rings. The Bertz CT molecular complexity index is 243. The van der Waals surface area contributed by atoms with Crippen molar-refractivity contribution in [2.45, 2.75) is 38.3 Å². The van der Waals surface area contributed by atoms with E-state index in [0.717, 1.165) is 12.5 Å². The van der Waals surface area contributed by atoms with Crippen LogP contribution in [0.1, 0.15) is 25.7 Å². The second kappa shape index (κ2) is 3.92. The van der Waals surface area contributed by atoms with Gasteiger partial charge in [0.25, 0.3) is 0 Å². The summed E-state index contributed by atoms with van der Waals surface area (Å²) in [5.41, 5.74) is 5.93. The third kappa shape index (κ3) is 2.31. The number of hydrogen-bond acceptors (Lipinski definition) is 2. The van der Waals surface area contributed by atoms with E-state index >= 15 is 0 Å². The minimum atomic E-state index is 0.433. The first-order valence-corrected chi connectivity index (χ1v) is 5.06. The molecular weight excluding hydrogens is 162 g/mol. The lowest BCUT2D eigenvalue weighted by atomic mass is 9.86. The van der Waals surface area contributed by atoms with Crippen LogP contribution in [0.3, 0.4) is 0 Å². The second-order valence-corrected chi connectivity index (χ2v) is 4.05. The number of nitrogens with zero attached hydrogens (tertiary/aromatic N) is 2. The van der Waals surface area contributed by atoms with Crippen molar-refractivity contribution in [3.63, 3.8) is 0 Å². The van der Waals surface area contributed by atoms with Gasteiger partial charge in [-0.1, -0.05) is 6.42 Å². The number of hydrogen-bond donors (Lipinski definition) is 1. The Morgan fingerprint density at radius 2 is 2.38 bits per heavy atom. The lowest BCUT2D eigenvalue weighted by molar-refractivity contribution is 0.290. The number of rotatable bonds is 2. The summed E-state index contributed by atoms with van der Waals surface area (Å²) in [6, 6.07) is 0.433. The highest BCUT2D eigenvalue weighted by atomic mass is 15.0. The highest BCUT2D eigenvalue weighted by molar-refractivity contribution is 4.79. The van der Waals surface area contributed by atoms with E-state index in [0.29, 0.717) is 6.04 Å². The van der Waals surface area contributed by atoms with E-state index in [-0.39, 0.29) is 0 Å². The average Bonchev–Trinajstić information content (AvgIpc) is 2.57. The number of imidazole rings is 1. The lowest BCUT2D eigenvalue weighted by Crippen LogP contribution is -2.29. The molecule has 0 aliphatic heterocycles. The fourth-order valence-corrected chi connectivity index (χ4v) is 2.19. The summed E-state index contributed by atoms with van der Waals surface area (Å²) in [7, 11) is 0. The van der Waals surface area contributed by atoms with Crippen LogP contribution in [-0.2, 0) is 6.54 Å². The first kappa shape index (κ1) is 8.75. The van der Waals surface area contributed by atoms with Crippen LogP contribution in [0.5, 0.6) is 0 Å². The van der Waals surface area contributed by atoms with Crippen molar-refractivity contribution in [3.8, 4) is 0 Å². The van der Waals surface area contributed by atoms with E-state index in [2.05, 4.69) is 9.55 Å². The summed E-state index contributed by atoms with van der Waals surface area (Å²) in [5.74, 6) is 0.762. The van der Waals surface area contributed by atoms with Gasteiger partial charge in [-0.15, -0.1) is 0 Å². The second-order valence-electron chi connectivity index (χ2n) is 4.05. The maximum atomic E-state index is 5.93. The molecule has 1 aliphatic carbocycles. The molecule has 0 aromatic carbocycles. The van der Waals surface area contributed by atoms with E-state index in [4.69, 9.17) is 5.73 Å². The van der Waals surface area contributed by atoms with Crippen molar-refractivity contribution < 1.29 is 0 Å². The molecule has 1 fully saturated rings. The Kier molecular flexibility index (Phi) is 2.64. The van der Waals surface area contributed by atoms with Gasteiger partial charge in [-0.05, 0) is 25.2 Å². The molecule has 0 spiro atoms. The van der Waals surface area contributed by atoms with E-state index in [1.807, 2.05) is 18.7 Å². The minimum absolute atomic E-state index is 0.433. The summed E-state index contributed by atoms with van der Waals surface area (Å²) in [4.78, 5) is 4.04. The van der Waals surface area contributed by atoms with Crippen LogP contribution in [0.15, 0.2) is 18.7 Å². The fraction of sp³-hybridized carbons (Fsp3) is 0.700. The molecule has 0 radical (unpaired) electrons. The van der Waals surface area contributed by atoms with Crippen molar-refractivity contribution in [3.05, 3.63) is 18.7 Å². The van der Waals surface area contributed by atoms with Gasteiger partial charge in [0.15, 0.2) is 0 Å². The third-order valence-electron chi connectivity index (χ3n) is 2.85. The van der Waals surface area contributed by atoms with Gasteiger partial charge in [0.05, 0.1) is 6.33 Å². The zero-order valence-corrected chi connectivity index (χ0v) is 7.89. The van der Waals surface area contributed by atoms with Crippen LogP contribution in [-0.4, -0.2) is 15.6 Å². The van der Waals surface area contributed by atoms with Crippen molar-refractivity contribution in [1.82, 2.24) is 9.55 Å². The Morgan fingerprint density at radius 3 is 3.08 bits per heavy atom. The Labute approximate surface area is 79.0 Å². The van der Waals surface area contributed by atoms with Gasteiger partial charge >= 0.3 is 0 Å². The van der Waals surface area contributed by atoms with E-state index < -0.39 is 0 Å². The van der Waals surface area contributed by atoms with Crippen molar-refractivity contribution in [2.75, 3.05) is 0 Å². The first-order chi connectivity index (χ1) is 6.34. The monoisotopic (exact) mass is 179 g/mol. The summed E-state index contributed by atoms with van der Waals surface area (Å²) in [6.45, 7) is 1.09. The van der Waals surface area contributed by atoms with Gasteiger partial charge < -0.3 is 10.3 Å². The smallest absolute Gasteiger partial charge is 0.0945 e. The molecule has 3 heteroatoms. The Morgan fingerprint density at radius 1 is 1.46 bits per heavy atom. The van der Waals surface area contributed by atoms with E-state index in [1.165, 1.54) is 25.7 Å². The molecule has 2 N–H and O–H groups in total. The molecule has 0 unspecified atom stereocenters. The lowest BCUT2D eigenvalue weighted by Gasteiger charge is -2.26. The minimum Gasteiger partial charge on any atom is -0.337 e. The predicted octanol–water partition coefficient (Wildman–Crippen LogP) is 1.40. The zero-order chi connectivity index (χ0) is 9.10. The highest BCUT2D eigenvalue weighted by Gasteiger charge is 2.18. The van der Waals surface area contributed by atoms with Gasteiger partial charge in [0.1, 0.15) is 0 Å². The highest BCUT2D eigenvalue weighted by Crippen LogP contribution is 2.24. The molecule has 1 aromatic heterocycles. The summed E-state index contributed by atoms with van der Waals surface area (Å²) in [6.07, 6.45) is 10.8. The summed E-state index contributed by atoms with van der Waals surface area (Å²) >= 11 is 0. The van der Waals surface area contributed by atoms with Crippen LogP contribution >= 0.6 is 0 Å². The molecule has 1 aliphatic rings. The van der Waals surface area contributed by atoms with Crippen molar-refractivity contribution >= 4 is 0 Å². The molecule has 3 nitrogen and oxygen atoms in total. The molecule has 13 heavy (non-hydrogen) atoms. The Balaban J connectivity index is 1.87. The Hall–Kier alpha value is -0.830. The molecule has 0 amide bonds. The largest absolute Gasteiger partial charge is 0.337 e. The van der Waals surface area contributed by atoms with Gasteiger partial charge in [-0.3, -0.25) is 0 Å². The third-order valence-corrected chi connectivity index (χ3v) is 2.85. The molecule has 1 heterocycles. The molecule has 2 atom stereocenters. The fourth-order valence-electron chi connectivity index (χ4n) is 2.19. The van der Waals surface area contributed by atoms with E-state index in [9.17, 15) is 0 Å². The standard InChI is InChI=1S/C10H17N3/c11-10-3-1-2-9(6-10)7-13-5-4-12-8-13/h4-5,8-10H,1-3,6-7,11H2/t9-,10+/m1/s1. The maximum Gasteiger partial charge on any atom is 0.0945 e. The van der Waals surface area contributed by atoms with Gasteiger partial charge in [0.2, 0.25) is 0 Å². The van der Waals surface area contributed by atoms with Crippen LogP contribution < -0.4 is 5.73 Å². The summed E-state index contributed by atoms with van der Waals surface area (Å²) in [5, 5.41) is 0. The SMILES string of the molecule is N[C@H]1CCC[C@@H](Cn2ccnc2)C1. The van der Waals surface area contributed by atoms with Crippen LogP contribution in [0.2, 0.25) is 0 Å². The summed E-state index contributed by atoms with van der Waals surface area (Å²) < 4.78 is 2.16. The predicted molar refractivity (Wildman–Crippen MR) is 52.2 cm³/mol. The molecular formula is C10H17N3. The first-order valence-electron chi connectivity index (χ1n) is 5.06. The molecule has 2 rings (SSSR count). The maximum absolute atomic E-state index is 5.93. The van der Waals surface area contributed by atoms with Crippen LogP contribution in [0.4, 0.5) is 0 Å². The van der Waals surface area contributed by atoms with Crippen LogP contribution in [0, 0.1) is 5.92 Å². The van der Waals surface area contributed by atoms with Gasteiger partial charge in [-0.2, -0.15) is 0 Å². The number of aromatic nitrogens is 2. The average molecular weight is 179 g/mol. The van der Waals surface area contributed by atoms with Crippen LogP contribution in [0.25, 0.3) is 0 Å². The van der Waals surface area contributed by atoms with Gasteiger partial charge in [-0.25, -0.2) is 4.98 Å². The van der Waals surface area contributed by atoms with Crippen molar-refractivity contribution in [2.24, 2.45) is 11.7 Å². The number of nitrogens with two attached hydrogens (primary N) is 1. The topological polar surface area (TPSA) is 43.8 Å².